The Hall–Kier alpha value is -4.13. The summed E-state index contributed by atoms with van der Waals surface area (Å²) in [7, 11) is 1.81. The first-order valence-corrected chi connectivity index (χ1v) is 10.9. The molecule has 7 heteroatoms. The van der Waals surface area contributed by atoms with Gasteiger partial charge in [-0.3, -0.25) is 0 Å². The van der Waals surface area contributed by atoms with Gasteiger partial charge in [-0.1, -0.05) is 30.3 Å². The van der Waals surface area contributed by atoms with Crippen molar-refractivity contribution in [2.75, 3.05) is 18.2 Å². The van der Waals surface area contributed by atoms with Gasteiger partial charge in [-0.25, -0.2) is 9.97 Å². The lowest BCUT2D eigenvalue weighted by atomic mass is 9.95. The van der Waals surface area contributed by atoms with Gasteiger partial charge in [-0.15, -0.1) is 0 Å². The molecule has 166 valence electrons. The molecule has 0 saturated carbocycles. The number of nitrogens with one attached hydrogen (secondary N) is 1. The van der Waals surface area contributed by atoms with Crippen LogP contribution in [0.2, 0.25) is 0 Å². The molecule has 5 rings (SSSR count). The highest BCUT2D eigenvalue weighted by molar-refractivity contribution is 6.04. The third-order valence-corrected chi connectivity index (χ3v) is 5.68. The maximum Gasteiger partial charge on any atom is 0.222 e. The zero-order valence-corrected chi connectivity index (χ0v) is 19.1. The molecule has 2 heterocycles. The molecule has 0 amide bonds. The van der Waals surface area contributed by atoms with Gasteiger partial charge in [-0.05, 0) is 56.2 Å². The molecule has 2 aromatic heterocycles. The summed E-state index contributed by atoms with van der Waals surface area (Å²) in [5.74, 6) is 7.84. The van der Waals surface area contributed by atoms with Gasteiger partial charge in [0.25, 0.3) is 0 Å². The second-order valence-corrected chi connectivity index (χ2v) is 8.33. The molecule has 0 spiro atoms. The number of nitrogens with two attached hydrogens (primary N) is 1. The van der Waals surface area contributed by atoms with Gasteiger partial charge in [0.2, 0.25) is 5.95 Å². The van der Waals surface area contributed by atoms with Gasteiger partial charge in [-0.2, -0.15) is 9.89 Å². The Kier molecular flexibility index (Phi) is 5.09. The molecule has 3 aromatic carbocycles. The van der Waals surface area contributed by atoms with Crippen molar-refractivity contribution in [1.29, 1.82) is 0 Å². The average Bonchev–Trinajstić information content (AvgIpc) is 3.14. The predicted octanol–water partition coefficient (Wildman–Crippen LogP) is 5.16. The summed E-state index contributed by atoms with van der Waals surface area (Å²) in [5, 5.41) is 9.63. The van der Waals surface area contributed by atoms with Crippen LogP contribution in [0.15, 0.2) is 60.8 Å². The highest BCUT2D eigenvalue weighted by atomic mass is 16.5. The second kappa shape index (κ2) is 8.09. The van der Waals surface area contributed by atoms with Crippen LogP contribution in [-0.2, 0) is 0 Å². The number of nitrogens with zero attached hydrogens (tertiary/aromatic N) is 4. The number of aromatic nitrogens is 4. The molecule has 0 radical (unpaired) electrons. The van der Waals surface area contributed by atoms with Gasteiger partial charge >= 0.3 is 0 Å². The molecule has 0 aliphatic rings. The lowest BCUT2D eigenvalue weighted by Crippen LogP contribution is -2.11. The van der Waals surface area contributed by atoms with Crippen LogP contribution in [-0.4, -0.2) is 33.0 Å². The van der Waals surface area contributed by atoms with Gasteiger partial charge in [0.15, 0.2) is 0 Å². The van der Waals surface area contributed by atoms with E-state index in [4.69, 9.17) is 15.7 Å². The third-order valence-electron chi connectivity index (χ3n) is 5.68. The van der Waals surface area contributed by atoms with E-state index in [1.165, 1.54) is 4.79 Å². The molecule has 33 heavy (non-hydrogen) atoms. The van der Waals surface area contributed by atoms with Crippen molar-refractivity contribution in [2.24, 2.45) is 0 Å². The summed E-state index contributed by atoms with van der Waals surface area (Å²) < 4.78 is 6.05. The molecule has 5 aromatic rings. The van der Waals surface area contributed by atoms with E-state index >= 15 is 0 Å². The third kappa shape index (κ3) is 3.61. The van der Waals surface area contributed by atoms with Crippen LogP contribution in [0.25, 0.3) is 44.2 Å². The topological polar surface area (TPSA) is 90.9 Å². The van der Waals surface area contributed by atoms with Crippen LogP contribution < -0.4 is 15.9 Å². The van der Waals surface area contributed by atoms with Crippen molar-refractivity contribution >= 4 is 27.8 Å². The molecule has 0 aliphatic heterocycles. The summed E-state index contributed by atoms with van der Waals surface area (Å²) >= 11 is 0. The lowest BCUT2D eigenvalue weighted by Gasteiger charge is -2.13. The van der Waals surface area contributed by atoms with E-state index in [1.54, 1.807) is 0 Å². The van der Waals surface area contributed by atoms with Crippen LogP contribution in [0.3, 0.4) is 0 Å². The number of nitrogen functional groups attached to an aromatic ring is 1. The van der Waals surface area contributed by atoms with Crippen LogP contribution in [0.1, 0.15) is 19.4 Å². The Balaban J connectivity index is 1.72. The Labute approximate surface area is 192 Å². The van der Waals surface area contributed by atoms with E-state index in [0.29, 0.717) is 5.95 Å². The molecule has 0 bridgehead atoms. The summed E-state index contributed by atoms with van der Waals surface area (Å²) in [6.07, 6.45) is 1.89. The fraction of sp³-hybridized carbons (Fsp3) is 0.192. The van der Waals surface area contributed by atoms with Gasteiger partial charge in [0, 0.05) is 35.1 Å². The minimum Gasteiger partial charge on any atom is -0.490 e. The van der Waals surface area contributed by atoms with E-state index in [0.717, 1.165) is 55.5 Å². The molecule has 0 atom stereocenters. The molecular formula is C26H26N6O. The maximum atomic E-state index is 6.46. The number of hydrogen-bond acceptors (Lipinski definition) is 6. The van der Waals surface area contributed by atoms with Crippen molar-refractivity contribution in [2.45, 2.75) is 26.9 Å². The zero-order valence-electron chi connectivity index (χ0n) is 19.1. The number of para-hydroxylation sites is 1. The number of ether oxygens (including phenoxy) is 1. The first-order valence-electron chi connectivity index (χ1n) is 10.9. The fourth-order valence-electron chi connectivity index (χ4n) is 4.22. The van der Waals surface area contributed by atoms with Crippen LogP contribution >= 0.6 is 0 Å². The Morgan fingerprint density at radius 3 is 2.67 bits per heavy atom. The highest BCUT2D eigenvalue weighted by Gasteiger charge is 2.20. The summed E-state index contributed by atoms with van der Waals surface area (Å²) in [4.78, 5) is 10.4. The van der Waals surface area contributed by atoms with Gasteiger partial charge < -0.3 is 15.9 Å². The highest BCUT2D eigenvalue weighted by Crippen LogP contribution is 2.39. The van der Waals surface area contributed by atoms with Crippen molar-refractivity contribution in [3.8, 4) is 28.1 Å². The van der Waals surface area contributed by atoms with Crippen molar-refractivity contribution in [1.82, 2.24) is 19.9 Å². The summed E-state index contributed by atoms with van der Waals surface area (Å²) in [6.45, 7) is 6.11. The molecular weight excluding hydrogens is 412 g/mol. The molecule has 0 saturated heterocycles. The smallest absolute Gasteiger partial charge is 0.222 e. The number of rotatable bonds is 5. The Bertz CT molecular complexity index is 1490. The Morgan fingerprint density at radius 2 is 1.88 bits per heavy atom. The number of benzene rings is 3. The van der Waals surface area contributed by atoms with E-state index in [2.05, 4.69) is 46.5 Å². The van der Waals surface area contributed by atoms with Crippen LogP contribution in [0.5, 0.6) is 5.75 Å². The van der Waals surface area contributed by atoms with Crippen molar-refractivity contribution in [3.05, 3.63) is 66.4 Å². The molecule has 7 nitrogen and oxygen atoms in total. The fourth-order valence-corrected chi connectivity index (χ4v) is 4.22. The SMILES string of the molecule is CNc1ncc2cc(-c3c(C)ccc4c(-c5ccccc5OC(C)C)nn(N)c34)ccc2n1. The molecule has 0 unspecified atom stereocenters. The second-order valence-electron chi connectivity index (χ2n) is 8.33. The molecule has 3 N–H and O–H groups in total. The maximum absolute atomic E-state index is 6.46. The summed E-state index contributed by atoms with van der Waals surface area (Å²) in [6, 6.07) is 18.3. The monoisotopic (exact) mass is 438 g/mol. The molecule has 0 fully saturated rings. The van der Waals surface area contributed by atoms with Gasteiger partial charge in [0.1, 0.15) is 17.0 Å². The van der Waals surface area contributed by atoms with Crippen LogP contribution in [0, 0.1) is 6.92 Å². The summed E-state index contributed by atoms with van der Waals surface area (Å²) in [5.41, 5.74) is 6.65. The minimum absolute atomic E-state index is 0.0541. The van der Waals surface area contributed by atoms with E-state index in [-0.39, 0.29) is 6.10 Å². The standard InChI is InChI=1S/C26H26N6O/c1-15(2)33-22-8-6-5-7-19(22)24-20-11-9-16(3)23(25(20)32(27)31-24)17-10-12-21-18(13-17)14-29-26(28-4)30-21/h5-15H,27H2,1-4H3,(H,28,29,30). The zero-order chi connectivity index (χ0) is 23.1. The Morgan fingerprint density at radius 1 is 1.06 bits per heavy atom. The largest absolute Gasteiger partial charge is 0.490 e. The normalized spacial score (nSPS) is 11.4. The number of aryl methyl sites for hydroxylation is 1. The van der Waals surface area contributed by atoms with Crippen LogP contribution in [0.4, 0.5) is 5.95 Å². The first kappa shape index (κ1) is 20.8. The number of fused-ring (bicyclic) bond motifs is 2. The van der Waals surface area contributed by atoms with Crippen molar-refractivity contribution in [3.63, 3.8) is 0 Å². The molecule has 0 aliphatic carbocycles. The average molecular weight is 439 g/mol. The minimum atomic E-state index is 0.0541. The first-order chi connectivity index (χ1) is 16.0. The quantitative estimate of drug-likeness (QED) is 0.368. The number of anilines is 1. The lowest BCUT2D eigenvalue weighted by molar-refractivity contribution is 0.243. The van der Waals surface area contributed by atoms with E-state index in [1.807, 2.05) is 57.4 Å². The predicted molar refractivity (Wildman–Crippen MR) is 134 cm³/mol. The van der Waals surface area contributed by atoms with Gasteiger partial charge in [0.05, 0.1) is 11.6 Å². The van der Waals surface area contributed by atoms with E-state index < -0.39 is 0 Å². The number of hydrogen-bond donors (Lipinski definition) is 2. The van der Waals surface area contributed by atoms with E-state index in [9.17, 15) is 0 Å². The van der Waals surface area contributed by atoms with Crippen molar-refractivity contribution < 1.29 is 4.74 Å².